The molecule has 1 aromatic carbocycles. The molecule has 0 fully saturated rings. The Hall–Kier alpha value is -0.990. The third-order valence-electron chi connectivity index (χ3n) is 2.46. The molecule has 0 N–H and O–H groups in total. The fourth-order valence-electron chi connectivity index (χ4n) is 1.71. The zero-order chi connectivity index (χ0) is 15.2. The van der Waals surface area contributed by atoms with Crippen LogP contribution in [0.1, 0.15) is 0 Å². The summed E-state index contributed by atoms with van der Waals surface area (Å²) in [6.07, 6.45) is 1.54. The summed E-state index contributed by atoms with van der Waals surface area (Å²) in [5.74, 6) is -0.00579. The smallest absolute Gasteiger partial charge is 0.358 e. The van der Waals surface area contributed by atoms with E-state index in [0.717, 1.165) is 0 Å². The van der Waals surface area contributed by atoms with E-state index in [1.54, 1.807) is 11.6 Å². The SMILES string of the molecule is O=S(=O)(Oc1cc(Cl)cc(Cl)c1)c1c(Cl)nc2sccn12. The van der Waals surface area contributed by atoms with Crippen LogP contribution >= 0.6 is 46.1 Å². The lowest BCUT2D eigenvalue weighted by Gasteiger charge is -2.07. The van der Waals surface area contributed by atoms with Crippen LogP contribution in [0.5, 0.6) is 5.75 Å². The standard InChI is InChI=1S/C11H5Cl3N2O3S2/c12-6-3-7(13)5-8(4-6)19-21(17,18)10-9(14)15-11-16(10)1-2-20-11/h1-5H. The van der Waals surface area contributed by atoms with E-state index in [4.69, 9.17) is 39.0 Å². The normalized spacial score (nSPS) is 12.0. The second-order valence-electron chi connectivity index (χ2n) is 3.91. The van der Waals surface area contributed by atoms with Gasteiger partial charge in [-0.1, -0.05) is 34.8 Å². The molecule has 0 amide bonds. The van der Waals surface area contributed by atoms with Crippen LogP contribution < -0.4 is 4.18 Å². The van der Waals surface area contributed by atoms with Gasteiger partial charge in [0.05, 0.1) is 0 Å². The molecule has 3 aromatic rings. The van der Waals surface area contributed by atoms with E-state index in [9.17, 15) is 8.42 Å². The summed E-state index contributed by atoms with van der Waals surface area (Å²) in [5, 5.41) is 1.81. The molecule has 0 saturated heterocycles. The summed E-state index contributed by atoms with van der Waals surface area (Å²) in [5.41, 5.74) is 0. The van der Waals surface area contributed by atoms with Gasteiger partial charge in [0.25, 0.3) is 0 Å². The number of thiazole rings is 1. The molecule has 110 valence electrons. The maximum Gasteiger partial charge on any atom is 0.358 e. The van der Waals surface area contributed by atoms with E-state index in [0.29, 0.717) is 4.96 Å². The third kappa shape index (κ3) is 2.84. The van der Waals surface area contributed by atoms with Gasteiger partial charge in [0.1, 0.15) is 5.75 Å². The number of hydrogen-bond donors (Lipinski definition) is 0. The van der Waals surface area contributed by atoms with Crippen molar-refractivity contribution in [3.05, 3.63) is 45.0 Å². The average Bonchev–Trinajstić information content (AvgIpc) is 2.85. The van der Waals surface area contributed by atoms with Gasteiger partial charge in [0, 0.05) is 33.8 Å². The minimum absolute atomic E-state index is 0.00579. The predicted octanol–water partition coefficient (Wildman–Crippen LogP) is 4.12. The zero-order valence-electron chi connectivity index (χ0n) is 9.96. The van der Waals surface area contributed by atoms with E-state index in [-0.39, 0.29) is 26.0 Å². The molecule has 5 nitrogen and oxygen atoms in total. The number of halogens is 3. The first-order chi connectivity index (χ1) is 9.87. The van der Waals surface area contributed by atoms with Crippen LogP contribution in [-0.2, 0) is 10.1 Å². The number of imidazole rings is 1. The molecule has 2 aromatic heterocycles. The summed E-state index contributed by atoms with van der Waals surface area (Å²) >= 11 is 18.8. The van der Waals surface area contributed by atoms with Crippen molar-refractivity contribution in [3.63, 3.8) is 0 Å². The highest BCUT2D eigenvalue weighted by molar-refractivity contribution is 7.87. The van der Waals surface area contributed by atoms with Crippen molar-refractivity contribution in [3.8, 4) is 5.75 Å². The molecule has 0 atom stereocenters. The van der Waals surface area contributed by atoms with Crippen LogP contribution in [0.4, 0.5) is 0 Å². The first-order valence-corrected chi connectivity index (χ1v) is 8.80. The Morgan fingerprint density at radius 3 is 2.48 bits per heavy atom. The molecule has 0 aliphatic carbocycles. The van der Waals surface area contributed by atoms with Crippen molar-refractivity contribution in [2.75, 3.05) is 0 Å². The Morgan fingerprint density at radius 2 is 1.81 bits per heavy atom. The lowest BCUT2D eigenvalue weighted by molar-refractivity contribution is 0.481. The van der Waals surface area contributed by atoms with Crippen LogP contribution in [0.2, 0.25) is 15.2 Å². The number of benzene rings is 1. The quantitative estimate of drug-likeness (QED) is 0.638. The van der Waals surface area contributed by atoms with Gasteiger partial charge in [0.2, 0.25) is 5.03 Å². The predicted molar refractivity (Wildman–Crippen MR) is 82.4 cm³/mol. The summed E-state index contributed by atoms with van der Waals surface area (Å²) in [6.45, 7) is 0. The van der Waals surface area contributed by atoms with Gasteiger partial charge in [0.15, 0.2) is 10.1 Å². The van der Waals surface area contributed by atoms with E-state index in [1.807, 2.05) is 0 Å². The highest BCUT2D eigenvalue weighted by Gasteiger charge is 2.27. The van der Waals surface area contributed by atoms with E-state index in [2.05, 4.69) is 4.98 Å². The number of aromatic nitrogens is 2. The molecule has 0 unspecified atom stereocenters. The summed E-state index contributed by atoms with van der Waals surface area (Å²) in [6, 6.07) is 4.14. The summed E-state index contributed by atoms with van der Waals surface area (Å²) in [4.78, 5) is 4.40. The Balaban J connectivity index is 2.08. The molecule has 21 heavy (non-hydrogen) atoms. The van der Waals surface area contributed by atoms with Gasteiger partial charge in [-0.3, -0.25) is 4.40 Å². The van der Waals surface area contributed by atoms with Crippen molar-refractivity contribution in [2.24, 2.45) is 0 Å². The summed E-state index contributed by atoms with van der Waals surface area (Å²) < 4.78 is 31.1. The first-order valence-electron chi connectivity index (χ1n) is 5.38. The van der Waals surface area contributed by atoms with Crippen molar-refractivity contribution < 1.29 is 12.6 Å². The molecule has 10 heteroatoms. The highest BCUT2D eigenvalue weighted by atomic mass is 35.5. The summed E-state index contributed by atoms with van der Waals surface area (Å²) in [7, 11) is -4.17. The minimum Gasteiger partial charge on any atom is -0.378 e. The minimum atomic E-state index is -4.17. The molecule has 0 aliphatic rings. The van der Waals surface area contributed by atoms with Gasteiger partial charge < -0.3 is 4.18 Å². The number of hydrogen-bond acceptors (Lipinski definition) is 5. The highest BCUT2D eigenvalue weighted by Crippen LogP contribution is 2.30. The second-order valence-corrected chi connectivity index (χ2v) is 7.47. The lowest BCUT2D eigenvalue weighted by Crippen LogP contribution is -2.12. The van der Waals surface area contributed by atoms with Crippen LogP contribution in [0.15, 0.2) is 34.8 Å². The van der Waals surface area contributed by atoms with Crippen molar-refractivity contribution >= 4 is 61.2 Å². The fourth-order valence-corrected chi connectivity index (χ4v) is 4.56. The first kappa shape index (κ1) is 14.9. The molecule has 0 spiro atoms. The van der Waals surface area contributed by atoms with Crippen molar-refractivity contribution in [2.45, 2.75) is 5.03 Å². The van der Waals surface area contributed by atoms with Crippen LogP contribution in [0.3, 0.4) is 0 Å². The number of fused-ring (bicyclic) bond motifs is 1. The Bertz CT molecular complexity index is 913. The molecular weight excluding hydrogens is 379 g/mol. The van der Waals surface area contributed by atoms with Crippen LogP contribution in [-0.4, -0.2) is 17.8 Å². The molecule has 0 bridgehead atoms. The second kappa shape index (κ2) is 5.33. The average molecular weight is 384 g/mol. The topological polar surface area (TPSA) is 60.7 Å². The molecular formula is C11H5Cl3N2O3S2. The number of nitrogens with zero attached hydrogens (tertiary/aromatic N) is 2. The lowest BCUT2D eigenvalue weighted by atomic mass is 10.3. The molecule has 0 radical (unpaired) electrons. The largest absolute Gasteiger partial charge is 0.378 e. The Morgan fingerprint density at radius 1 is 1.14 bits per heavy atom. The zero-order valence-corrected chi connectivity index (χ0v) is 13.9. The maximum absolute atomic E-state index is 12.4. The van der Waals surface area contributed by atoms with Gasteiger partial charge in [-0.25, -0.2) is 4.98 Å². The van der Waals surface area contributed by atoms with Gasteiger partial charge >= 0.3 is 10.1 Å². The van der Waals surface area contributed by atoms with E-state index >= 15 is 0 Å². The van der Waals surface area contributed by atoms with Gasteiger partial charge in [-0.2, -0.15) is 8.42 Å². The van der Waals surface area contributed by atoms with Gasteiger partial charge in [-0.15, -0.1) is 11.3 Å². The number of rotatable bonds is 3. The van der Waals surface area contributed by atoms with Crippen molar-refractivity contribution in [1.82, 2.24) is 9.38 Å². The monoisotopic (exact) mass is 382 g/mol. The molecule has 0 aliphatic heterocycles. The van der Waals surface area contributed by atoms with Gasteiger partial charge in [-0.05, 0) is 6.07 Å². The van der Waals surface area contributed by atoms with E-state index in [1.165, 1.54) is 33.9 Å². The fraction of sp³-hybridized carbons (Fsp3) is 0. The maximum atomic E-state index is 12.4. The third-order valence-corrected chi connectivity index (χ3v) is 5.30. The van der Waals surface area contributed by atoms with Crippen LogP contribution in [0, 0.1) is 0 Å². The van der Waals surface area contributed by atoms with E-state index < -0.39 is 10.1 Å². The molecule has 0 saturated carbocycles. The molecule has 3 rings (SSSR count). The Kier molecular flexibility index (Phi) is 3.79. The van der Waals surface area contributed by atoms with Crippen molar-refractivity contribution in [1.29, 1.82) is 0 Å². The Labute approximate surface area is 138 Å². The van der Waals surface area contributed by atoms with Crippen LogP contribution in [0.25, 0.3) is 4.96 Å². The molecule has 2 heterocycles.